The van der Waals surface area contributed by atoms with Crippen molar-refractivity contribution < 1.29 is 12.6 Å². The minimum atomic E-state index is -3.29. The Bertz CT molecular complexity index is 319. The van der Waals surface area contributed by atoms with Gasteiger partial charge in [-0.2, -0.15) is 8.42 Å². The third-order valence-electron chi connectivity index (χ3n) is 2.99. The zero-order valence-electron chi connectivity index (χ0n) is 10.7. The molecule has 1 saturated heterocycles. The van der Waals surface area contributed by atoms with Gasteiger partial charge in [0.1, 0.15) is 0 Å². The van der Waals surface area contributed by atoms with Crippen LogP contribution in [0.15, 0.2) is 0 Å². The predicted octanol–water partition coefficient (Wildman–Crippen LogP) is 1.47. The van der Waals surface area contributed by atoms with Crippen LogP contribution in [0.2, 0.25) is 0 Å². The van der Waals surface area contributed by atoms with Crippen LogP contribution in [0.25, 0.3) is 0 Å². The molecule has 0 aromatic rings. The number of hydrogen-bond acceptors (Lipinski definition) is 4. The number of piperidine rings is 1. The molecule has 1 atom stereocenters. The first-order valence-electron chi connectivity index (χ1n) is 5.78. The van der Waals surface area contributed by atoms with Crippen molar-refractivity contribution in [2.75, 3.05) is 26.0 Å². The van der Waals surface area contributed by atoms with Gasteiger partial charge in [0.2, 0.25) is 0 Å². The van der Waals surface area contributed by atoms with E-state index in [-0.39, 0.29) is 5.54 Å². The summed E-state index contributed by atoms with van der Waals surface area (Å²) >= 11 is 0. The van der Waals surface area contributed by atoms with Crippen LogP contribution in [0.5, 0.6) is 0 Å². The van der Waals surface area contributed by atoms with E-state index in [1.54, 1.807) is 0 Å². The van der Waals surface area contributed by atoms with E-state index in [9.17, 15) is 8.42 Å². The molecule has 4 nitrogen and oxygen atoms in total. The predicted molar refractivity (Wildman–Crippen MR) is 64.8 cm³/mol. The molecular formula is C11H23NO3S. The van der Waals surface area contributed by atoms with E-state index < -0.39 is 10.1 Å². The lowest BCUT2D eigenvalue weighted by atomic mass is 9.94. The average molecular weight is 249 g/mol. The van der Waals surface area contributed by atoms with Gasteiger partial charge < -0.3 is 0 Å². The van der Waals surface area contributed by atoms with Crippen LogP contribution in [0.1, 0.15) is 33.6 Å². The Morgan fingerprint density at radius 2 is 2.00 bits per heavy atom. The Kier molecular flexibility index (Phi) is 4.37. The maximum atomic E-state index is 10.9. The Labute approximate surface area is 99.1 Å². The topological polar surface area (TPSA) is 46.6 Å². The molecule has 0 unspecified atom stereocenters. The van der Waals surface area contributed by atoms with Gasteiger partial charge in [-0.25, -0.2) is 0 Å². The van der Waals surface area contributed by atoms with Crippen molar-refractivity contribution in [1.29, 1.82) is 0 Å². The van der Waals surface area contributed by atoms with Crippen molar-refractivity contribution in [3.05, 3.63) is 0 Å². The Balaban J connectivity index is 2.45. The largest absolute Gasteiger partial charge is 0.298 e. The highest BCUT2D eigenvalue weighted by atomic mass is 32.2. The molecule has 1 fully saturated rings. The third kappa shape index (κ3) is 4.80. The van der Waals surface area contributed by atoms with E-state index in [2.05, 4.69) is 25.7 Å². The van der Waals surface area contributed by atoms with Gasteiger partial charge in [0.05, 0.1) is 12.9 Å². The molecule has 0 radical (unpaired) electrons. The molecule has 1 aliphatic rings. The van der Waals surface area contributed by atoms with Crippen LogP contribution in [-0.4, -0.2) is 44.8 Å². The summed E-state index contributed by atoms with van der Waals surface area (Å²) in [5.41, 5.74) is 0.157. The summed E-state index contributed by atoms with van der Waals surface area (Å²) in [7, 11) is -3.29. The zero-order valence-corrected chi connectivity index (χ0v) is 11.5. The molecule has 0 amide bonds. The zero-order chi connectivity index (χ0) is 12.4. The number of likely N-dealkylation sites (tertiary alicyclic amines) is 1. The van der Waals surface area contributed by atoms with Crippen LogP contribution >= 0.6 is 0 Å². The van der Waals surface area contributed by atoms with Crippen molar-refractivity contribution >= 4 is 10.1 Å². The minimum absolute atomic E-state index is 0.157. The Morgan fingerprint density at radius 3 is 2.50 bits per heavy atom. The number of nitrogens with zero attached hydrogens (tertiary/aromatic N) is 1. The maximum Gasteiger partial charge on any atom is 0.264 e. The summed E-state index contributed by atoms with van der Waals surface area (Å²) in [6, 6.07) is 0. The van der Waals surface area contributed by atoms with Crippen molar-refractivity contribution in [3.63, 3.8) is 0 Å². The van der Waals surface area contributed by atoms with Gasteiger partial charge in [0, 0.05) is 12.1 Å². The molecule has 96 valence electrons. The van der Waals surface area contributed by atoms with Gasteiger partial charge in [-0.15, -0.1) is 0 Å². The molecule has 1 aliphatic heterocycles. The summed E-state index contributed by atoms with van der Waals surface area (Å²) in [5, 5.41) is 0. The second-order valence-corrected chi connectivity index (χ2v) is 7.26. The molecule has 0 aliphatic carbocycles. The molecule has 1 heterocycles. The first-order chi connectivity index (χ1) is 7.18. The molecule has 0 spiro atoms. The van der Waals surface area contributed by atoms with Gasteiger partial charge in [-0.3, -0.25) is 9.08 Å². The number of hydrogen-bond donors (Lipinski definition) is 0. The van der Waals surface area contributed by atoms with Gasteiger partial charge in [-0.1, -0.05) is 0 Å². The Hall–Kier alpha value is -0.130. The smallest absolute Gasteiger partial charge is 0.264 e. The standard InChI is InChI=1S/C11H23NO3S/c1-11(2,3)12-7-5-6-10(8-12)9-15-16(4,13)14/h10H,5-9H2,1-4H3/t10-/m1/s1. The highest BCUT2D eigenvalue weighted by Crippen LogP contribution is 2.23. The van der Waals surface area contributed by atoms with Gasteiger partial charge in [-0.05, 0) is 46.1 Å². The lowest BCUT2D eigenvalue weighted by molar-refractivity contribution is 0.0620. The fourth-order valence-corrected chi connectivity index (χ4v) is 2.47. The first-order valence-corrected chi connectivity index (χ1v) is 7.59. The van der Waals surface area contributed by atoms with Crippen LogP contribution in [-0.2, 0) is 14.3 Å². The van der Waals surface area contributed by atoms with Crippen LogP contribution in [0, 0.1) is 5.92 Å². The lowest BCUT2D eigenvalue weighted by Gasteiger charge is -2.41. The van der Waals surface area contributed by atoms with E-state index in [1.807, 2.05) is 0 Å². The molecular weight excluding hydrogens is 226 g/mol. The average Bonchev–Trinajstić information content (AvgIpc) is 2.13. The van der Waals surface area contributed by atoms with Crippen LogP contribution < -0.4 is 0 Å². The van der Waals surface area contributed by atoms with Crippen molar-refractivity contribution in [2.45, 2.75) is 39.2 Å². The summed E-state index contributed by atoms with van der Waals surface area (Å²) in [5.74, 6) is 0.336. The second kappa shape index (κ2) is 5.02. The molecule has 5 heteroatoms. The number of rotatable bonds is 3. The lowest BCUT2D eigenvalue weighted by Crippen LogP contribution is -2.48. The SMILES string of the molecule is CC(C)(C)N1CCC[C@@H](COS(C)(=O)=O)C1. The van der Waals surface area contributed by atoms with E-state index in [4.69, 9.17) is 4.18 Å². The fourth-order valence-electron chi connectivity index (χ4n) is 2.03. The van der Waals surface area contributed by atoms with Crippen molar-refractivity contribution in [3.8, 4) is 0 Å². The molecule has 0 N–H and O–H groups in total. The molecule has 0 aromatic carbocycles. The molecule has 1 rings (SSSR count). The highest BCUT2D eigenvalue weighted by Gasteiger charge is 2.28. The van der Waals surface area contributed by atoms with Crippen molar-refractivity contribution in [1.82, 2.24) is 4.90 Å². The minimum Gasteiger partial charge on any atom is -0.298 e. The molecule has 0 aromatic heterocycles. The van der Waals surface area contributed by atoms with Gasteiger partial charge in [0.25, 0.3) is 10.1 Å². The third-order valence-corrected chi connectivity index (χ3v) is 3.55. The molecule has 0 bridgehead atoms. The summed E-state index contributed by atoms with van der Waals surface area (Å²) in [4.78, 5) is 2.40. The molecule has 0 saturated carbocycles. The van der Waals surface area contributed by atoms with Crippen LogP contribution in [0.4, 0.5) is 0 Å². The van der Waals surface area contributed by atoms with Gasteiger partial charge >= 0.3 is 0 Å². The van der Waals surface area contributed by atoms with Crippen LogP contribution in [0.3, 0.4) is 0 Å². The van der Waals surface area contributed by atoms with E-state index in [0.717, 1.165) is 32.2 Å². The maximum absolute atomic E-state index is 10.9. The quantitative estimate of drug-likeness (QED) is 0.711. The highest BCUT2D eigenvalue weighted by molar-refractivity contribution is 7.85. The second-order valence-electron chi connectivity index (χ2n) is 5.61. The van der Waals surface area contributed by atoms with Gasteiger partial charge in [0.15, 0.2) is 0 Å². The van der Waals surface area contributed by atoms with E-state index >= 15 is 0 Å². The fraction of sp³-hybridized carbons (Fsp3) is 1.00. The Morgan fingerprint density at radius 1 is 1.38 bits per heavy atom. The summed E-state index contributed by atoms with van der Waals surface area (Å²) in [6.45, 7) is 8.91. The first kappa shape index (κ1) is 13.9. The monoisotopic (exact) mass is 249 g/mol. The summed E-state index contributed by atoms with van der Waals surface area (Å²) in [6.07, 6.45) is 3.29. The van der Waals surface area contributed by atoms with Crippen molar-refractivity contribution in [2.24, 2.45) is 5.92 Å². The molecule has 16 heavy (non-hydrogen) atoms. The van der Waals surface area contributed by atoms with E-state index in [1.165, 1.54) is 0 Å². The van der Waals surface area contributed by atoms with E-state index in [0.29, 0.717) is 12.5 Å². The summed E-state index contributed by atoms with van der Waals surface area (Å²) < 4.78 is 26.7. The normalized spacial score (nSPS) is 24.6.